The van der Waals surface area contributed by atoms with Crippen molar-refractivity contribution >= 4 is 33.2 Å². The number of para-hydroxylation sites is 1. The molecule has 0 unspecified atom stereocenters. The summed E-state index contributed by atoms with van der Waals surface area (Å²) >= 11 is 0. The minimum Gasteiger partial charge on any atom is -0.351 e. The predicted octanol–water partition coefficient (Wildman–Crippen LogP) is 1.99. The molecule has 1 aliphatic heterocycles. The molecule has 0 radical (unpaired) electrons. The van der Waals surface area contributed by atoms with Crippen molar-refractivity contribution in [3.05, 3.63) is 60.2 Å². The maximum absolute atomic E-state index is 12.2. The first-order valence-electron chi connectivity index (χ1n) is 8.69. The number of sulfonamides is 1. The fourth-order valence-electron chi connectivity index (χ4n) is 2.85. The summed E-state index contributed by atoms with van der Waals surface area (Å²) in [5.74, 6) is -0.499. The lowest BCUT2D eigenvalue weighted by atomic mass is 10.2. The smallest absolute Gasteiger partial charge is 0.251 e. The third kappa shape index (κ3) is 5.07. The molecule has 2 amide bonds. The Balaban J connectivity index is 1.51. The minimum absolute atomic E-state index is 0.00658. The van der Waals surface area contributed by atoms with Gasteiger partial charge >= 0.3 is 0 Å². The molecule has 1 heterocycles. The zero-order valence-corrected chi connectivity index (χ0v) is 15.5. The Morgan fingerprint density at radius 1 is 1.04 bits per heavy atom. The van der Waals surface area contributed by atoms with Gasteiger partial charge in [-0.2, -0.15) is 0 Å². The van der Waals surface area contributed by atoms with Crippen molar-refractivity contribution < 1.29 is 18.0 Å². The van der Waals surface area contributed by atoms with Gasteiger partial charge in [0.1, 0.15) is 0 Å². The number of anilines is 2. The monoisotopic (exact) mass is 387 g/mol. The van der Waals surface area contributed by atoms with Crippen molar-refractivity contribution in [3.8, 4) is 0 Å². The van der Waals surface area contributed by atoms with E-state index >= 15 is 0 Å². The lowest BCUT2D eigenvalue weighted by Crippen LogP contribution is -2.31. The van der Waals surface area contributed by atoms with E-state index in [1.165, 1.54) is 0 Å². The van der Waals surface area contributed by atoms with Gasteiger partial charge in [-0.3, -0.25) is 14.3 Å². The van der Waals surface area contributed by atoms with Gasteiger partial charge in [-0.1, -0.05) is 18.2 Å². The molecule has 3 rings (SSSR count). The van der Waals surface area contributed by atoms with E-state index in [-0.39, 0.29) is 24.1 Å². The highest BCUT2D eigenvalue weighted by molar-refractivity contribution is 7.92. The number of carbonyl (C=O) groups is 2. The van der Waals surface area contributed by atoms with Crippen LogP contribution in [-0.4, -0.2) is 39.1 Å². The Hall–Kier alpha value is -2.87. The van der Waals surface area contributed by atoms with Crippen LogP contribution in [-0.2, 0) is 14.8 Å². The first-order valence-corrected chi connectivity index (χ1v) is 10.3. The summed E-state index contributed by atoms with van der Waals surface area (Å²) in [6, 6.07) is 15.3. The van der Waals surface area contributed by atoms with Gasteiger partial charge in [0, 0.05) is 36.4 Å². The second kappa shape index (κ2) is 8.22. The number of nitrogens with zero attached hydrogens (tertiary/aromatic N) is 1. The average Bonchev–Trinajstić information content (AvgIpc) is 3.08. The van der Waals surface area contributed by atoms with Gasteiger partial charge in [0.2, 0.25) is 15.9 Å². The summed E-state index contributed by atoms with van der Waals surface area (Å²) in [5.41, 5.74) is 1.67. The lowest BCUT2D eigenvalue weighted by molar-refractivity contribution is -0.117. The molecule has 2 aromatic rings. The van der Waals surface area contributed by atoms with E-state index in [9.17, 15) is 18.0 Å². The van der Waals surface area contributed by atoms with E-state index in [4.69, 9.17) is 0 Å². The van der Waals surface area contributed by atoms with Crippen molar-refractivity contribution in [2.24, 2.45) is 0 Å². The van der Waals surface area contributed by atoms with Crippen LogP contribution in [0.4, 0.5) is 11.4 Å². The zero-order chi connectivity index (χ0) is 19.3. The third-order valence-electron chi connectivity index (χ3n) is 4.22. The molecule has 7 nitrogen and oxygen atoms in total. The molecule has 0 aromatic heterocycles. The number of benzene rings is 2. The molecule has 0 spiro atoms. The Morgan fingerprint density at radius 2 is 1.74 bits per heavy atom. The molecular weight excluding hydrogens is 366 g/mol. The van der Waals surface area contributed by atoms with Crippen LogP contribution in [0.2, 0.25) is 0 Å². The molecule has 2 N–H and O–H groups in total. The van der Waals surface area contributed by atoms with Gasteiger partial charge in [-0.15, -0.1) is 0 Å². The highest BCUT2D eigenvalue weighted by Gasteiger charge is 2.21. The van der Waals surface area contributed by atoms with Crippen LogP contribution in [0.3, 0.4) is 0 Å². The maximum atomic E-state index is 12.2. The van der Waals surface area contributed by atoms with Crippen molar-refractivity contribution in [1.29, 1.82) is 0 Å². The normalized spacial score (nSPS) is 14.2. The molecule has 0 atom stereocenters. The molecule has 27 heavy (non-hydrogen) atoms. The van der Waals surface area contributed by atoms with Crippen LogP contribution in [0.5, 0.6) is 0 Å². The number of hydrogen-bond acceptors (Lipinski definition) is 4. The standard InChI is InChI=1S/C19H21N3O4S/c23-18-7-4-13-22(18)17-10-8-15(9-11-17)19(24)20-12-14-27(25,26)21-16-5-2-1-3-6-16/h1-3,5-6,8-11,21H,4,7,12-14H2,(H,20,24). The highest BCUT2D eigenvalue weighted by atomic mass is 32.2. The first kappa shape index (κ1) is 18.9. The molecule has 0 aliphatic carbocycles. The van der Waals surface area contributed by atoms with Crippen LogP contribution in [0, 0.1) is 0 Å². The van der Waals surface area contributed by atoms with Gasteiger partial charge in [-0.25, -0.2) is 8.42 Å². The van der Waals surface area contributed by atoms with E-state index in [1.54, 1.807) is 59.5 Å². The van der Waals surface area contributed by atoms with E-state index in [1.807, 2.05) is 0 Å². The predicted molar refractivity (Wildman–Crippen MR) is 104 cm³/mol. The molecule has 142 valence electrons. The van der Waals surface area contributed by atoms with Gasteiger partial charge in [0.05, 0.1) is 5.75 Å². The number of rotatable bonds is 7. The highest BCUT2D eigenvalue weighted by Crippen LogP contribution is 2.21. The van der Waals surface area contributed by atoms with Crippen molar-refractivity contribution in [2.45, 2.75) is 12.8 Å². The third-order valence-corrected chi connectivity index (χ3v) is 5.51. The van der Waals surface area contributed by atoms with Gasteiger partial charge in [0.15, 0.2) is 0 Å². The number of nitrogens with one attached hydrogen (secondary N) is 2. The molecular formula is C19H21N3O4S. The largest absolute Gasteiger partial charge is 0.351 e. The van der Waals surface area contributed by atoms with Crippen molar-refractivity contribution in [2.75, 3.05) is 28.5 Å². The summed E-state index contributed by atoms with van der Waals surface area (Å²) in [6.45, 7) is 0.685. The molecule has 0 bridgehead atoms. The summed E-state index contributed by atoms with van der Waals surface area (Å²) in [7, 11) is -3.55. The van der Waals surface area contributed by atoms with Crippen molar-refractivity contribution in [3.63, 3.8) is 0 Å². The minimum atomic E-state index is -3.55. The van der Waals surface area contributed by atoms with Gasteiger partial charge in [0.25, 0.3) is 5.91 Å². The Kier molecular flexibility index (Phi) is 5.75. The van der Waals surface area contributed by atoms with Crippen LogP contribution >= 0.6 is 0 Å². The molecule has 0 saturated carbocycles. The topological polar surface area (TPSA) is 95.6 Å². The van der Waals surface area contributed by atoms with E-state index < -0.39 is 10.0 Å². The van der Waals surface area contributed by atoms with Crippen molar-refractivity contribution in [1.82, 2.24) is 5.32 Å². The molecule has 1 saturated heterocycles. The molecule has 1 fully saturated rings. The summed E-state index contributed by atoms with van der Waals surface area (Å²) in [6.07, 6.45) is 1.39. The van der Waals surface area contributed by atoms with Crippen LogP contribution in [0.15, 0.2) is 54.6 Å². The Morgan fingerprint density at radius 3 is 2.37 bits per heavy atom. The summed E-state index contributed by atoms with van der Waals surface area (Å²) in [5, 5.41) is 2.60. The van der Waals surface area contributed by atoms with Crippen LogP contribution in [0.25, 0.3) is 0 Å². The zero-order valence-electron chi connectivity index (χ0n) is 14.7. The first-order chi connectivity index (χ1) is 12.9. The van der Waals surface area contributed by atoms with E-state index in [0.29, 0.717) is 24.2 Å². The maximum Gasteiger partial charge on any atom is 0.251 e. The summed E-state index contributed by atoms with van der Waals surface area (Å²) < 4.78 is 26.5. The second-order valence-electron chi connectivity index (χ2n) is 6.24. The molecule has 1 aliphatic rings. The van der Waals surface area contributed by atoms with Gasteiger partial charge < -0.3 is 10.2 Å². The fourth-order valence-corrected chi connectivity index (χ4v) is 3.82. The van der Waals surface area contributed by atoms with E-state index in [0.717, 1.165) is 12.1 Å². The quantitative estimate of drug-likeness (QED) is 0.759. The molecule has 8 heteroatoms. The number of amides is 2. The fraction of sp³-hybridized carbons (Fsp3) is 0.263. The molecule has 2 aromatic carbocycles. The van der Waals surface area contributed by atoms with Gasteiger partial charge in [-0.05, 0) is 42.8 Å². The van der Waals surface area contributed by atoms with Crippen LogP contribution in [0.1, 0.15) is 23.2 Å². The van der Waals surface area contributed by atoms with E-state index in [2.05, 4.69) is 10.0 Å². The lowest BCUT2D eigenvalue weighted by Gasteiger charge is -2.15. The Labute approximate surface area is 158 Å². The Bertz CT molecular complexity index is 912. The number of carbonyl (C=O) groups excluding carboxylic acids is 2. The SMILES string of the molecule is O=C(NCCS(=O)(=O)Nc1ccccc1)c1ccc(N2CCCC2=O)cc1. The number of hydrogen-bond donors (Lipinski definition) is 2. The second-order valence-corrected chi connectivity index (χ2v) is 8.08. The van der Waals surface area contributed by atoms with Crippen LogP contribution < -0.4 is 14.9 Å². The summed E-state index contributed by atoms with van der Waals surface area (Å²) in [4.78, 5) is 25.6. The average molecular weight is 387 g/mol.